The van der Waals surface area contributed by atoms with Crippen LogP contribution in [0, 0.1) is 0 Å². The van der Waals surface area contributed by atoms with Gasteiger partial charge in [0.15, 0.2) is 0 Å². The molecule has 0 fully saturated rings. The van der Waals surface area contributed by atoms with E-state index in [1.807, 2.05) is 0 Å². The molecular weight excluding hydrogens is 255 g/mol. The number of carboxylic acids is 1. The molecule has 2 N–H and O–H groups in total. The first-order chi connectivity index (χ1) is 8.30. The lowest BCUT2D eigenvalue weighted by atomic mass is 10.1. The summed E-state index contributed by atoms with van der Waals surface area (Å²) in [4.78, 5) is 21.4. The Balaban J connectivity index is 2.73. The minimum atomic E-state index is -5.13. The monoisotopic (exact) mass is 263 g/mol. The summed E-state index contributed by atoms with van der Waals surface area (Å²) in [5.41, 5.74) is 0.160. The normalized spacial score (nSPS) is 12.8. The molecule has 1 unspecified atom stereocenters. The fourth-order valence-electron chi connectivity index (χ4n) is 1.09. The smallest absolute Gasteiger partial charge is 0.471 e. The van der Waals surface area contributed by atoms with Crippen LogP contribution in [0.3, 0.4) is 0 Å². The summed E-state index contributed by atoms with van der Waals surface area (Å²) >= 11 is 0. The van der Waals surface area contributed by atoms with Crippen LogP contribution >= 0.6 is 0 Å². The van der Waals surface area contributed by atoms with Gasteiger partial charge in [-0.05, 0) is 12.1 Å². The van der Waals surface area contributed by atoms with Crippen LogP contribution in [0.4, 0.5) is 13.2 Å². The average Bonchev–Trinajstić information content (AvgIpc) is 2.28. The highest BCUT2D eigenvalue weighted by molar-refractivity contribution is 5.87. The summed E-state index contributed by atoms with van der Waals surface area (Å²) in [6.07, 6.45) is -4.19. The molecule has 1 heterocycles. The number of rotatable bonds is 4. The second kappa shape index (κ2) is 5.43. The van der Waals surface area contributed by atoms with Crippen LogP contribution in [-0.2, 0) is 16.0 Å². The molecule has 0 aliphatic carbocycles. The Bertz CT molecular complexity index is 436. The predicted molar refractivity (Wildman–Crippen MR) is 51.4 cm³/mol. The number of amides is 1. The molecule has 0 saturated heterocycles. The standard InChI is InChI=1S/C9H8F3N3O3/c10-9(11,12)8(18)14-6(7(16)17)4-5-2-1-3-13-15-5/h1-3,6H,4H2,(H,14,18)(H,16,17). The minimum absolute atomic E-state index is 0.160. The fourth-order valence-corrected chi connectivity index (χ4v) is 1.09. The van der Waals surface area contributed by atoms with E-state index in [2.05, 4.69) is 10.2 Å². The largest absolute Gasteiger partial charge is 0.480 e. The highest BCUT2D eigenvalue weighted by Gasteiger charge is 2.40. The summed E-state index contributed by atoms with van der Waals surface area (Å²) in [6.45, 7) is 0. The summed E-state index contributed by atoms with van der Waals surface area (Å²) in [7, 11) is 0. The van der Waals surface area contributed by atoms with Crippen LogP contribution in [-0.4, -0.2) is 39.4 Å². The summed E-state index contributed by atoms with van der Waals surface area (Å²) in [6, 6.07) is 1.13. The molecule has 0 saturated carbocycles. The maximum atomic E-state index is 12.0. The van der Waals surface area contributed by atoms with E-state index in [0.29, 0.717) is 0 Å². The first-order valence-electron chi connectivity index (χ1n) is 4.68. The molecule has 1 atom stereocenters. The molecule has 1 amide bonds. The van der Waals surface area contributed by atoms with Crippen LogP contribution in [0.2, 0.25) is 0 Å². The Morgan fingerprint density at radius 3 is 2.56 bits per heavy atom. The lowest BCUT2D eigenvalue weighted by molar-refractivity contribution is -0.175. The number of aromatic nitrogens is 2. The Hall–Kier alpha value is -2.19. The van der Waals surface area contributed by atoms with Crippen LogP contribution in [0.1, 0.15) is 5.69 Å². The predicted octanol–water partition coefficient (Wildman–Crippen LogP) is 0.151. The molecule has 1 rings (SSSR count). The van der Waals surface area contributed by atoms with Crippen molar-refractivity contribution in [1.29, 1.82) is 0 Å². The van der Waals surface area contributed by atoms with Gasteiger partial charge in [-0.15, -0.1) is 0 Å². The van der Waals surface area contributed by atoms with Crippen molar-refractivity contribution in [3.63, 3.8) is 0 Å². The molecule has 9 heteroatoms. The van der Waals surface area contributed by atoms with Gasteiger partial charge < -0.3 is 10.4 Å². The number of carbonyl (C=O) groups excluding carboxylic acids is 1. The average molecular weight is 263 g/mol. The maximum absolute atomic E-state index is 12.0. The van der Waals surface area contributed by atoms with E-state index in [1.54, 1.807) is 0 Å². The highest BCUT2D eigenvalue weighted by atomic mass is 19.4. The lowest BCUT2D eigenvalue weighted by Crippen LogP contribution is -2.48. The van der Waals surface area contributed by atoms with Gasteiger partial charge in [-0.3, -0.25) is 4.79 Å². The van der Waals surface area contributed by atoms with Gasteiger partial charge in [-0.1, -0.05) is 0 Å². The van der Waals surface area contributed by atoms with Crippen molar-refractivity contribution >= 4 is 11.9 Å². The quantitative estimate of drug-likeness (QED) is 0.806. The number of halogens is 3. The second-order valence-electron chi connectivity index (χ2n) is 3.28. The summed E-state index contributed by atoms with van der Waals surface area (Å²) < 4.78 is 35.9. The second-order valence-corrected chi connectivity index (χ2v) is 3.28. The van der Waals surface area contributed by atoms with Crippen LogP contribution in [0.25, 0.3) is 0 Å². The molecule has 0 aliphatic heterocycles. The third-order valence-corrected chi connectivity index (χ3v) is 1.90. The van der Waals surface area contributed by atoms with Crippen molar-refractivity contribution in [3.8, 4) is 0 Å². The van der Waals surface area contributed by atoms with Gasteiger partial charge in [-0.2, -0.15) is 23.4 Å². The Morgan fingerprint density at radius 1 is 1.44 bits per heavy atom. The Morgan fingerprint density at radius 2 is 2.11 bits per heavy atom. The molecular formula is C9H8F3N3O3. The molecule has 18 heavy (non-hydrogen) atoms. The zero-order valence-electron chi connectivity index (χ0n) is 8.81. The van der Waals surface area contributed by atoms with Gasteiger partial charge in [0.05, 0.1) is 5.69 Å². The number of carbonyl (C=O) groups is 2. The third-order valence-electron chi connectivity index (χ3n) is 1.90. The van der Waals surface area contributed by atoms with Gasteiger partial charge in [0.1, 0.15) is 6.04 Å². The zero-order chi connectivity index (χ0) is 13.8. The van der Waals surface area contributed by atoms with E-state index < -0.39 is 24.1 Å². The van der Waals surface area contributed by atoms with Crippen LogP contribution < -0.4 is 5.32 Å². The number of aliphatic carboxylic acids is 1. The van der Waals surface area contributed by atoms with Crippen LogP contribution in [0.5, 0.6) is 0 Å². The maximum Gasteiger partial charge on any atom is 0.471 e. The molecule has 98 valence electrons. The van der Waals surface area contributed by atoms with Gasteiger partial charge in [0.2, 0.25) is 0 Å². The van der Waals surface area contributed by atoms with Crippen molar-refractivity contribution < 1.29 is 27.9 Å². The first kappa shape index (κ1) is 13.9. The van der Waals surface area contributed by atoms with E-state index >= 15 is 0 Å². The SMILES string of the molecule is O=C(O)C(Cc1cccnn1)NC(=O)C(F)(F)F. The molecule has 0 aliphatic rings. The molecule has 0 aromatic carbocycles. The molecule has 0 radical (unpaired) electrons. The molecule has 0 spiro atoms. The van der Waals surface area contributed by atoms with E-state index in [1.165, 1.54) is 23.6 Å². The number of hydrogen-bond acceptors (Lipinski definition) is 4. The first-order valence-corrected chi connectivity index (χ1v) is 4.68. The number of carboxylic acid groups (broad SMARTS) is 1. The highest BCUT2D eigenvalue weighted by Crippen LogP contribution is 2.15. The lowest BCUT2D eigenvalue weighted by Gasteiger charge is -2.14. The fraction of sp³-hybridized carbons (Fsp3) is 0.333. The van der Waals surface area contributed by atoms with Crippen molar-refractivity contribution in [2.75, 3.05) is 0 Å². The zero-order valence-corrected chi connectivity index (χ0v) is 8.81. The molecule has 0 bridgehead atoms. The topological polar surface area (TPSA) is 92.2 Å². The minimum Gasteiger partial charge on any atom is -0.480 e. The van der Waals surface area contributed by atoms with Crippen molar-refractivity contribution in [2.24, 2.45) is 0 Å². The van der Waals surface area contributed by atoms with Crippen molar-refractivity contribution in [2.45, 2.75) is 18.6 Å². The Labute approximate surface area is 98.8 Å². The number of nitrogens with zero attached hydrogens (tertiary/aromatic N) is 2. The summed E-state index contributed by atoms with van der Waals surface area (Å²) in [5, 5.41) is 17.1. The molecule has 1 aromatic heterocycles. The van der Waals surface area contributed by atoms with E-state index in [-0.39, 0.29) is 12.1 Å². The van der Waals surface area contributed by atoms with E-state index in [4.69, 9.17) is 5.11 Å². The van der Waals surface area contributed by atoms with E-state index in [9.17, 15) is 22.8 Å². The Kier molecular flexibility index (Phi) is 4.18. The van der Waals surface area contributed by atoms with Crippen molar-refractivity contribution in [1.82, 2.24) is 15.5 Å². The molecule has 1 aromatic rings. The van der Waals surface area contributed by atoms with Crippen LogP contribution in [0.15, 0.2) is 18.3 Å². The summed E-state index contributed by atoms with van der Waals surface area (Å²) in [5.74, 6) is -3.89. The number of alkyl halides is 3. The van der Waals surface area contributed by atoms with Gasteiger partial charge in [0.25, 0.3) is 0 Å². The molecule has 6 nitrogen and oxygen atoms in total. The number of nitrogens with one attached hydrogen (secondary N) is 1. The van der Waals surface area contributed by atoms with Crippen molar-refractivity contribution in [3.05, 3.63) is 24.0 Å². The van der Waals surface area contributed by atoms with Gasteiger partial charge in [-0.25, -0.2) is 4.79 Å². The number of hydrogen-bond donors (Lipinski definition) is 2. The van der Waals surface area contributed by atoms with Gasteiger partial charge >= 0.3 is 18.1 Å². The van der Waals surface area contributed by atoms with E-state index in [0.717, 1.165) is 0 Å². The van der Waals surface area contributed by atoms with Gasteiger partial charge in [0, 0.05) is 12.6 Å². The third kappa shape index (κ3) is 4.00.